The molecular formula is C27H26F3N3O. The maximum absolute atomic E-state index is 14.4. The van der Waals surface area contributed by atoms with Crippen LogP contribution < -0.4 is 10.6 Å². The molecule has 2 N–H and O–H groups in total. The van der Waals surface area contributed by atoms with Crippen molar-refractivity contribution >= 4 is 5.91 Å². The number of nitrogens with zero attached hydrogens (tertiary/aromatic N) is 1. The molecule has 0 spiro atoms. The van der Waals surface area contributed by atoms with Crippen LogP contribution in [0, 0.1) is 28.8 Å². The van der Waals surface area contributed by atoms with Crippen LogP contribution in [0.3, 0.4) is 0 Å². The number of amides is 1. The number of hydrogen-bond acceptors (Lipinski definition) is 3. The fourth-order valence-corrected chi connectivity index (χ4v) is 4.70. The van der Waals surface area contributed by atoms with Crippen LogP contribution in [0.25, 0.3) is 11.3 Å². The predicted octanol–water partition coefficient (Wildman–Crippen LogP) is 6.16. The van der Waals surface area contributed by atoms with E-state index in [9.17, 15) is 18.0 Å². The van der Waals surface area contributed by atoms with E-state index in [0.29, 0.717) is 5.70 Å². The number of pyridine rings is 1. The van der Waals surface area contributed by atoms with Gasteiger partial charge < -0.3 is 10.6 Å². The second kappa shape index (κ2) is 9.33. The lowest BCUT2D eigenvalue weighted by molar-refractivity contribution is 0.0961. The first-order valence-corrected chi connectivity index (χ1v) is 11.1. The minimum Gasteiger partial charge on any atom is -0.366 e. The topological polar surface area (TPSA) is 54.0 Å². The van der Waals surface area contributed by atoms with Crippen LogP contribution in [0.5, 0.6) is 0 Å². The van der Waals surface area contributed by atoms with Gasteiger partial charge in [0.05, 0.1) is 11.3 Å². The predicted molar refractivity (Wildman–Crippen MR) is 126 cm³/mol. The number of benzene rings is 1. The van der Waals surface area contributed by atoms with Gasteiger partial charge in [-0.25, -0.2) is 18.2 Å². The van der Waals surface area contributed by atoms with Gasteiger partial charge in [-0.3, -0.25) is 4.79 Å². The van der Waals surface area contributed by atoms with Crippen LogP contribution >= 0.6 is 0 Å². The van der Waals surface area contributed by atoms with Crippen molar-refractivity contribution in [2.24, 2.45) is 11.3 Å². The lowest BCUT2D eigenvalue weighted by atomic mass is 9.70. The van der Waals surface area contributed by atoms with Gasteiger partial charge in [-0.2, -0.15) is 0 Å². The van der Waals surface area contributed by atoms with Gasteiger partial charge in [0.15, 0.2) is 0 Å². The number of nitrogens with one attached hydrogen (secondary N) is 2. The third-order valence-corrected chi connectivity index (χ3v) is 5.93. The number of aromatic nitrogens is 1. The summed E-state index contributed by atoms with van der Waals surface area (Å²) in [7, 11) is 0. The first-order valence-electron chi connectivity index (χ1n) is 11.1. The van der Waals surface area contributed by atoms with Gasteiger partial charge in [-0.05, 0) is 66.5 Å². The minimum atomic E-state index is -0.963. The Bertz CT molecular complexity index is 1220. The van der Waals surface area contributed by atoms with Crippen LogP contribution in [0.2, 0.25) is 0 Å². The number of carbonyl (C=O) groups is 1. The van der Waals surface area contributed by atoms with E-state index in [1.54, 1.807) is 12.4 Å². The maximum Gasteiger partial charge on any atom is 0.274 e. The lowest BCUT2D eigenvalue weighted by Crippen LogP contribution is -2.28. The molecule has 1 aliphatic heterocycles. The Morgan fingerprint density at radius 3 is 2.62 bits per heavy atom. The van der Waals surface area contributed by atoms with Crippen molar-refractivity contribution in [2.75, 3.05) is 0 Å². The Morgan fingerprint density at radius 1 is 1.18 bits per heavy atom. The number of halogens is 3. The summed E-state index contributed by atoms with van der Waals surface area (Å²) >= 11 is 0. The maximum atomic E-state index is 14.4. The molecule has 1 unspecified atom stereocenters. The molecule has 1 aromatic heterocycles. The summed E-state index contributed by atoms with van der Waals surface area (Å²) in [6.45, 7) is 8.61. The largest absolute Gasteiger partial charge is 0.366 e. The van der Waals surface area contributed by atoms with Crippen molar-refractivity contribution in [3.8, 4) is 11.3 Å². The van der Waals surface area contributed by atoms with Crippen LogP contribution in [0.1, 0.15) is 43.6 Å². The molecule has 1 atom stereocenters. The minimum absolute atomic E-state index is 0.150. The molecule has 2 aromatic rings. The summed E-state index contributed by atoms with van der Waals surface area (Å²) in [6, 6.07) is 5.35. The summed E-state index contributed by atoms with van der Waals surface area (Å²) in [6.07, 6.45) is 10.3. The van der Waals surface area contributed by atoms with Gasteiger partial charge in [0.25, 0.3) is 5.91 Å². The van der Waals surface area contributed by atoms with E-state index < -0.39 is 34.6 Å². The molecule has 1 aromatic carbocycles. The fraction of sp³-hybridized carbons (Fsp3) is 0.259. The Morgan fingerprint density at radius 2 is 1.91 bits per heavy atom. The van der Waals surface area contributed by atoms with Gasteiger partial charge in [0.1, 0.15) is 28.8 Å². The quantitative estimate of drug-likeness (QED) is 0.532. The fourth-order valence-electron chi connectivity index (χ4n) is 4.70. The molecule has 1 saturated carbocycles. The van der Waals surface area contributed by atoms with E-state index >= 15 is 0 Å². The zero-order valence-corrected chi connectivity index (χ0v) is 19.1. The van der Waals surface area contributed by atoms with Crippen molar-refractivity contribution in [1.82, 2.24) is 15.6 Å². The van der Waals surface area contributed by atoms with Crippen molar-refractivity contribution < 1.29 is 18.0 Å². The molecule has 0 saturated heterocycles. The third kappa shape index (κ3) is 5.14. The van der Waals surface area contributed by atoms with Gasteiger partial charge >= 0.3 is 0 Å². The number of carbonyl (C=O) groups excluding carboxylic acids is 1. The third-order valence-electron chi connectivity index (χ3n) is 5.93. The summed E-state index contributed by atoms with van der Waals surface area (Å²) in [5.74, 6) is -3.21. The number of rotatable bonds is 4. The second-order valence-electron chi connectivity index (χ2n) is 9.52. The molecule has 0 radical (unpaired) electrons. The highest BCUT2D eigenvalue weighted by Crippen LogP contribution is 2.42. The van der Waals surface area contributed by atoms with Crippen LogP contribution in [0.4, 0.5) is 13.2 Å². The van der Waals surface area contributed by atoms with Gasteiger partial charge in [-0.1, -0.05) is 38.1 Å². The number of allylic oxidation sites excluding steroid dienone is 3. The highest BCUT2D eigenvalue weighted by atomic mass is 19.1. The summed E-state index contributed by atoms with van der Waals surface area (Å²) in [4.78, 5) is 16.9. The average molecular weight is 466 g/mol. The van der Waals surface area contributed by atoms with Gasteiger partial charge in [0.2, 0.25) is 0 Å². The van der Waals surface area contributed by atoms with E-state index in [-0.39, 0.29) is 17.0 Å². The molecule has 7 heteroatoms. The first kappa shape index (κ1) is 23.5. The number of hydrogen-bond donors (Lipinski definition) is 2. The van der Waals surface area contributed by atoms with Crippen LogP contribution in [-0.4, -0.2) is 10.9 Å². The zero-order chi connectivity index (χ0) is 24.5. The highest BCUT2D eigenvalue weighted by molar-refractivity contribution is 5.94. The molecule has 1 amide bonds. The summed E-state index contributed by atoms with van der Waals surface area (Å²) < 4.78 is 42.8. The Labute approximate surface area is 197 Å². The van der Waals surface area contributed by atoms with Crippen LogP contribution in [-0.2, 0) is 0 Å². The van der Waals surface area contributed by atoms with Crippen molar-refractivity contribution in [3.05, 3.63) is 101 Å². The van der Waals surface area contributed by atoms with Gasteiger partial charge in [-0.15, -0.1) is 0 Å². The van der Waals surface area contributed by atoms with Gasteiger partial charge in [0, 0.05) is 12.4 Å². The SMILES string of the molecule is C=C1CC(C=C2C=CNC=C2NC(=O)c2ccc(F)c(-c3c(F)cccc3F)n2)CC(C)(C)C1. The Kier molecular flexibility index (Phi) is 6.46. The molecule has 2 aliphatic rings. The van der Waals surface area contributed by atoms with E-state index in [0.717, 1.165) is 43.0 Å². The van der Waals surface area contributed by atoms with E-state index in [4.69, 9.17) is 0 Å². The van der Waals surface area contributed by atoms with E-state index in [2.05, 4.69) is 42.1 Å². The first-order chi connectivity index (χ1) is 16.1. The molecule has 0 bridgehead atoms. The molecule has 176 valence electrons. The normalized spacial score (nSPS) is 20.6. The van der Waals surface area contributed by atoms with Crippen molar-refractivity contribution in [1.29, 1.82) is 0 Å². The second-order valence-corrected chi connectivity index (χ2v) is 9.52. The Balaban J connectivity index is 1.59. The summed E-state index contributed by atoms with van der Waals surface area (Å²) in [5.41, 5.74) is 1.36. The standard InChI is InChI=1S/C27H26F3N3O/c1-16-11-17(14-27(2,3)13-16)12-18-9-10-31-15-23(18)33-26(34)22-8-7-21(30)25(32-22)24-19(28)5-4-6-20(24)29/h4-10,12,15,17,31H,1,11,13-14H2,2-3H3,(H,33,34). The van der Waals surface area contributed by atoms with E-state index in [1.807, 2.05) is 6.08 Å². The van der Waals surface area contributed by atoms with E-state index in [1.165, 1.54) is 17.7 Å². The molecule has 4 rings (SSSR count). The molecule has 34 heavy (non-hydrogen) atoms. The Hall–Kier alpha value is -3.61. The number of dihydropyridines is 1. The zero-order valence-electron chi connectivity index (χ0n) is 19.1. The molecule has 2 heterocycles. The molecular weight excluding hydrogens is 439 g/mol. The summed E-state index contributed by atoms with van der Waals surface area (Å²) in [5, 5.41) is 5.73. The van der Waals surface area contributed by atoms with Crippen LogP contribution in [0.15, 0.2) is 78.3 Å². The molecule has 1 fully saturated rings. The van der Waals surface area contributed by atoms with Crippen molar-refractivity contribution in [3.63, 3.8) is 0 Å². The smallest absolute Gasteiger partial charge is 0.274 e. The van der Waals surface area contributed by atoms with Crippen molar-refractivity contribution in [2.45, 2.75) is 33.1 Å². The molecule has 1 aliphatic carbocycles. The lowest BCUT2D eigenvalue weighted by Gasteiger charge is -2.35. The average Bonchev–Trinajstić information content (AvgIpc) is 2.74. The monoisotopic (exact) mass is 465 g/mol. The highest BCUT2D eigenvalue weighted by Gasteiger charge is 2.29. The molecule has 4 nitrogen and oxygen atoms in total.